The Morgan fingerprint density at radius 2 is 1.27 bits per heavy atom. The summed E-state index contributed by atoms with van der Waals surface area (Å²) >= 11 is 0. The van der Waals surface area contributed by atoms with E-state index in [4.69, 9.17) is 18.9 Å². The van der Waals surface area contributed by atoms with E-state index >= 15 is 0 Å². The maximum absolute atomic E-state index is 5.69. The number of hydrogen-bond acceptors (Lipinski definition) is 4. The zero-order valence-electron chi connectivity index (χ0n) is 15.1. The molecule has 0 saturated carbocycles. The van der Waals surface area contributed by atoms with Gasteiger partial charge in [-0.25, -0.2) is 0 Å². The van der Waals surface area contributed by atoms with Crippen molar-refractivity contribution in [1.29, 1.82) is 0 Å². The van der Waals surface area contributed by atoms with Crippen molar-refractivity contribution >= 4 is 0 Å². The predicted molar refractivity (Wildman–Crippen MR) is 90.5 cm³/mol. The Labute approximate surface area is 137 Å². The lowest BCUT2D eigenvalue weighted by Crippen LogP contribution is -2.07. The van der Waals surface area contributed by atoms with Crippen LogP contribution in [-0.2, 0) is 18.9 Å². The van der Waals surface area contributed by atoms with Gasteiger partial charge in [-0.05, 0) is 20.3 Å². The van der Waals surface area contributed by atoms with E-state index in [1.807, 2.05) is 13.8 Å². The molecule has 0 bridgehead atoms. The molecule has 0 aliphatic carbocycles. The van der Waals surface area contributed by atoms with Crippen molar-refractivity contribution < 1.29 is 18.9 Å². The zero-order valence-corrected chi connectivity index (χ0v) is 15.1. The van der Waals surface area contributed by atoms with Crippen molar-refractivity contribution in [3.63, 3.8) is 0 Å². The molecule has 0 atom stereocenters. The normalized spacial score (nSPS) is 12.0. The summed E-state index contributed by atoms with van der Waals surface area (Å²) < 4.78 is 21.6. The van der Waals surface area contributed by atoms with Crippen LogP contribution in [0.25, 0.3) is 0 Å². The fraction of sp³-hybridized carbons (Fsp3) is 0.889. The van der Waals surface area contributed by atoms with Gasteiger partial charge in [0.1, 0.15) is 0 Å². The SMILES string of the molecule is CCCCCCCCCC/C(OCC)=C(\OCC)OCOC. The van der Waals surface area contributed by atoms with Crippen molar-refractivity contribution in [3.05, 3.63) is 11.7 Å². The van der Waals surface area contributed by atoms with Crippen LogP contribution < -0.4 is 0 Å². The van der Waals surface area contributed by atoms with Gasteiger partial charge < -0.3 is 18.9 Å². The highest BCUT2D eigenvalue weighted by Crippen LogP contribution is 2.18. The van der Waals surface area contributed by atoms with Gasteiger partial charge in [-0.3, -0.25) is 0 Å². The van der Waals surface area contributed by atoms with E-state index in [0.717, 1.165) is 18.6 Å². The van der Waals surface area contributed by atoms with Crippen LogP contribution in [0.1, 0.15) is 78.6 Å². The second-order valence-corrected chi connectivity index (χ2v) is 5.35. The number of unbranched alkanes of at least 4 members (excludes halogenated alkanes) is 7. The van der Waals surface area contributed by atoms with Gasteiger partial charge in [0.05, 0.1) is 13.2 Å². The molecule has 4 heteroatoms. The summed E-state index contributed by atoms with van der Waals surface area (Å²) in [7, 11) is 1.60. The fourth-order valence-electron chi connectivity index (χ4n) is 2.27. The third-order valence-electron chi connectivity index (χ3n) is 3.39. The summed E-state index contributed by atoms with van der Waals surface area (Å²) in [6.45, 7) is 7.54. The Balaban J connectivity index is 4.08. The molecule has 0 amide bonds. The highest BCUT2D eigenvalue weighted by atomic mass is 16.7. The second-order valence-electron chi connectivity index (χ2n) is 5.35. The van der Waals surface area contributed by atoms with Gasteiger partial charge >= 0.3 is 5.95 Å². The maximum atomic E-state index is 5.69. The van der Waals surface area contributed by atoms with Crippen molar-refractivity contribution in [1.82, 2.24) is 0 Å². The minimum atomic E-state index is 0.184. The zero-order chi connectivity index (χ0) is 16.5. The van der Waals surface area contributed by atoms with E-state index in [9.17, 15) is 0 Å². The van der Waals surface area contributed by atoms with Gasteiger partial charge in [-0.2, -0.15) is 0 Å². The average Bonchev–Trinajstić information content (AvgIpc) is 2.53. The summed E-state index contributed by atoms with van der Waals surface area (Å²) in [5.74, 6) is 1.29. The topological polar surface area (TPSA) is 36.9 Å². The first-order chi connectivity index (χ1) is 10.8. The summed E-state index contributed by atoms with van der Waals surface area (Å²) in [6.07, 6.45) is 11.3. The lowest BCUT2D eigenvalue weighted by atomic mass is 10.1. The molecule has 0 aromatic carbocycles. The van der Waals surface area contributed by atoms with E-state index in [0.29, 0.717) is 19.2 Å². The Morgan fingerprint density at radius 1 is 0.682 bits per heavy atom. The highest BCUT2D eigenvalue weighted by Gasteiger charge is 2.11. The molecule has 0 aromatic heterocycles. The van der Waals surface area contributed by atoms with Crippen LogP contribution in [0.15, 0.2) is 11.7 Å². The smallest absolute Gasteiger partial charge is 0.321 e. The third-order valence-corrected chi connectivity index (χ3v) is 3.39. The first kappa shape index (κ1) is 21.1. The minimum absolute atomic E-state index is 0.184. The van der Waals surface area contributed by atoms with Crippen molar-refractivity contribution in [2.45, 2.75) is 78.6 Å². The standard InChI is InChI=1S/C18H36O4/c1-5-8-9-10-11-12-13-14-15-17(20-6-2)18(21-7-3)22-16-19-4/h5-16H2,1-4H3/b18-17-. The Morgan fingerprint density at radius 3 is 1.82 bits per heavy atom. The molecule has 4 nitrogen and oxygen atoms in total. The van der Waals surface area contributed by atoms with E-state index in [1.165, 1.54) is 44.9 Å². The summed E-state index contributed by atoms with van der Waals surface area (Å²) in [4.78, 5) is 0. The fourth-order valence-corrected chi connectivity index (χ4v) is 2.27. The Bertz CT molecular complexity index is 264. The molecular formula is C18H36O4. The van der Waals surface area contributed by atoms with Crippen LogP contribution in [0.4, 0.5) is 0 Å². The van der Waals surface area contributed by atoms with Crippen LogP contribution in [0, 0.1) is 0 Å². The molecule has 0 unspecified atom stereocenters. The molecule has 0 aliphatic rings. The van der Waals surface area contributed by atoms with E-state index < -0.39 is 0 Å². The quantitative estimate of drug-likeness (QED) is 0.218. The van der Waals surface area contributed by atoms with Crippen molar-refractivity contribution in [2.75, 3.05) is 27.1 Å². The van der Waals surface area contributed by atoms with E-state index in [-0.39, 0.29) is 6.79 Å². The summed E-state index contributed by atoms with van der Waals surface area (Å²) in [5.41, 5.74) is 0. The van der Waals surface area contributed by atoms with Crippen LogP contribution >= 0.6 is 0 Å². The van der Waals surface area contributed by atoms with Gasteiger partial charge in [0.2, 0.25) is 0 Å². The predicted octanol–water partition coefficient (Wildman–Crippen LogP) is 5.38. The largest absolute Gasteiger partial charge is 0.491 e. The van der Waals surface area contributed by atoms with E-state index in [2.05, 4.69) is 6.92 Å². The maximum Gasteiger partial charge on any atom is 0.321 e. The Kier molecular flexibility index (Phi) is 15.8. The first-order valence-corrected chi connectivity index (χ1v) is 8.90. The number of allylic oxidation sites excluding steroid dienone is 1. The van der Waals surface area contributed by atoms with E-state index in [1.54, 1.807) is 7.11 Å². The second kappa shape index (κ2) is 16.5. The highest BCUT2D eigenvalue weighted by molar-refractivity contribution is 4.95. The molecule has 0 radical (unpaired) electrons. The molecular weight excluding hydrogens is 280 g/mol. The lowest BCUT2D eigenvalue weighted by Gasteiger charge is -2.16. The van der Waals surface area contributed by atoms with Gasteiger partial charge in [0.15, 0.2) is 12.6 Å². The monoisotopic (exact) mass is 316 g/mol. The molecule has 0 fully saturated rings. The van der Waals surface area contributed by atoms with Crippen LogP contribution in [0.3, 0.4) is 0 Å². The van der Waals surface area contributed by atoms with Crippen LogP contribution in [0.5, 0.6) is 0 Å². The van der Waals surface area contributed by atoms with Gasteiger partial charge in [-0.15, -0.1) is 0 Å². The molecule has 132 valence electrons. The molecule has 0 rings (SSSR count). The minimum Gasteiger partial charge on any atom is -0.491 e. The van der Waals surface area contributed by atoms with Crippen LogP contribution in [-0.4, -0.2) is 27.1 Å². The summed E-state index contributed by atoms with van der Waals surface area (Å²) in [6, 6.07) is 0. The number of ether oxygens (including phenoxy) is 4. The number of methoxy groups -OCH3 is 1. The first-order valence-electron chi connectivity index (χ1n) is 8.90. The molecule has 0 saturated heterocycles. The Hall–Kier alpha value is -0.900. The van der Waals surface area contributed by atoms with Crippen LogP contribution in [0.2, 0.25) is 0 Å². The molecule has 0 spiro atoms. The molecule has 0 aliphatic heterocycles. The molecule has 22 heavy (non-hydrogen) atoms. The van der Waals surface area contributed by atoms with Crippen molar-refractivity contribution in [2.24, 2.45) is 0 Å². The van der Waals surface area contributed by atoms with Gasteiger partial charge in [0, 0.05) is 13.5 Å². The molecule has 0 heterocycles. The molecule has 0 aromatic rings. The average molecular weight is 316 g/mol. The third kappa shape index (κ3) is 11.7. The summed E-state index contributed by atoms with van der Waals surface area (Å²) in [5, 5.41) is 0. The van der Waals surface area contributed by atoms with Gasteiger partial charge in [0.25, 0.3) is 0 Å². The molecule has 0 N–H and O–H groups in total. The number of rotatable bonds is 16. The lowest BCUT2D eigenvalue weighted by molar-refractivity contribution is -0.0663. The van der Waals surface area contributed by atoms with Gasteiger partial charge in [-0.1, -0.05) is 51.9 Å². The number of hydrogen-bond donors (Lipinski definition) is 0. The van der Waals surface area contributed by atoms with Crippen molar-refractivity contribution in [3.8, 4) is 0 Å².